The Bertz CT molecular complexity index is 1360. The summed E-state index contributed by atoms with van der Waals surface area (Å²) in [6.07, 6.45) is 11.7. The molecule has 10 nitrogen and oxygen atoms in total. The van der Waals surface area contributed by atoms with E-state index in [1.807, 2.05) is 71.1 Å². The number of cyclic esters (lactones) is 1. The van der Waals surface area contributed by atoms with E-state index in [0.29, 0.717) is 25.2 Å². The maximum Gasteiger partial charge on any atom is 0.338 e. The highest BCUT2D eigenvalue weighted by Crippen LogP contribution is 2.44. The van der Waals surface area contributed by atoms with Crippen molar-refractivity contribution >= 4 is 18.0 Å². The zero-order chi connectivity index (χ0) is 32.5. The molecule has 4 aliphatic heterocycles. The number of aryl methyl sites for hydroxylation is 1. The minimum atomic E-state index is -0.905. The van der Waals surface area contributed by atoms with Gasteiger partial charge in [-0.1, -0.05) is 44.2 Å². The van der Waals surface area contributed by atoms with Gasteiger partial charge in [0.05, 0.1) is 18.3 Å². The van der Waals surface area contributed by atoms with Gasteiger partial charge in [-0.05, 0) is 56.8 Å². The number of hydrogen-bond acceptors (Lipinski definition) is 10. The lowest BCUT2D eigenvalue weighted by molar-refractivity contribution is -0.159. The first-order chi connectivity index (χ1) is 21.4. The van der Waals surface area contributed by atoms with Crippen LogP contribution in [0.3, 0.4) is 0 Å². The van der Waals surface area contributed by atoms with Crippen LogP contribution >= 0.6 is 0 Å². The summed E-state index contributed by atoms with van der Waals surface area (Å²) in [5.41, 5.74) is 1.86. The first-order valence-corrected chi connectivity index (χ1v) is 16.0. The Morgan fingerprint density at radius 3 is 2.62 bits per heavy atom. The highest BCUT2D eigenvalue weighted by molar-refractivity contribution is 5.78. The second-order valence-electron chi connectivity index (χ2n) is 13.3. The molecular weight excluding hydrogens is 578 g/mol. The van der Waals surface area contributed by atoms with Gasteiger partial charge < -0.3 is 33.2 Å². The van der Waals surface area contributed by atoms with E-state index in [9.17, 15) is 14.7 Å². The maximum atomic E-state index is 13.4. The number of nitrogens with zero attached hydrogens (tertiary/aromatic N) is 1. The highest BCUT2D eigenvalue weighted by Gasteiger charge is 2.57. The molecule has 1 N–H and O–H groups in total. The smallest absolute Gasteiger partial charge is 0.338 e. The van der Waals surface area contributed by atoms with E-state index in [4.69, 9.17) is 28.1 Å². The third-order valence-corrected chi connectivity index (χ3v) is 9.63. The number of methoxy groups -OCH3 is 1. The number of carbonyl (C=O) groups excluding carboxylic acids is 2. The van der Waals surface area contributed by atoms with Crippen molar-refractivity contribution in [3.05, 3.63) is 59.4 Å². The summed E-state index contributed by atoms with van der Waals surface area (Å²) in [5, 5.41) is 11.4. The van der Waals surface area contributed by atoms with E-state index < -0.39 is 36.0 Å². The number of epoxide rings is 2. The average molecular weight is 626 g/mol. The molecule has 0 amide bonds. The molecule has 1 aromatic rings. The molecule has 45 heavy (non-hydrogen) atoms. The van der Waals surface area contributed by atoms with E-state index in [2.05, 4.69) is 4.98 Å². The van der Waals surface area contributed by atoms with Gasteiger partial charge >= 0.3 is 11.9 Å². The monoisotopic (exact) mass is 625 g/mol. The zero-order valence-electron chi connectivity index (χ0n) is 27.3. The summed E-state index contributed by atoms with van der Waals surface area (Å²) in [6.45, 7) is 11.6. The molecule has 3 fully saturated rings. The summed E-state index contributed by atoms with van der Waals surface area (Å²) >= 11 is 0. The quantitative estimate of drug-likeness (QED) is 0.190. The minimum absolute atomic E-state index is 0.0130. The van der Waals surface area contributed by atoms with Crippen LogP contribution in [0.4, 0.5) is 0 Å². The van der Waals surface area contributed by atoms with E-state index in [1.165, 1.54) is 0 Å². The Morgan fingerprint density at radius 1 is 1.16 bits per heavy atom. The summed E-state index contributed by atoms with van der Waals surface area (Å²) in [6, 6.07) is 0. The molecule has 246 valence electrons. The van der Waals surface area contributed by atoms with Crippen LogP contribution < -0.4 is 0 Å². The molecule has 10 heteroatoms. The molecule has 3 saturated heterocycles. The van der Waals surface area contributed by atoms with Crippen LogP contribution in [-0.2, 0) is 33.3 Å². The molecule has 1 aromatic heterocycles. The molecular formula is C35H47NO9. The predicted octanol–water partition coefficient (Wildman–Crippen LogP) is 5.05. The Balaban J connectivity index is 1.33. The van der Waals surface area contributed by atoms with Crippen LogP contribution in [0.5, 0.6) is 0 Å². The Kier molecular flexibility index (Phi) is 10.2. The molecule has 2 bridgehead atoms. The number of aliphatic hydroxyl groups excluding tert-OH is 1. The maximum absolute atomic E-state index is 13.4. The number of oxazole rings is 1. The summed E-state index contributed by atoms with van der Waals surface area (Å²) in [7, 11) is 1.63. The van der Waals surface area contributed by atoms with Gasteiger partial charge in [-0.2, -0.15) is 0 Å². The van der Waals surface area contributed by atoms with E-state index in [0.717, 1.165) is 16.8 Å². The zero-order valence-corrected chi connectivity index (χ0v) is 27.3. The molecule has 0 radical (unpaired) electrons. The molecule has 11 atom stereocenters. The van der Waals surface area contributed by atoms with Crippen molar-refractivity contribution in [2.75, 3.05) is 7.11 Å². The number of hydrogen-bond donors (Lipinski definition) is 1. The normalized spacial score (nSPS) is 38.0. The standard InChI is InChI=1S/C35H47NO9/c1-19(13-25-18-41-23(5)36-25)9-8-10-21(3)32(40-7)22(4)27-17-29(37)35(6)30(45-35)12-11-20(2)26-14-24(16-31(38)42-26)15-28-33(43-28)34(39)44-27/h8-13,18,20,22,24,26-30,32-33,37H,14-17H2,1-7H3/b9-8?,12-11-,19-13?,21-10?. The first-order valence-electron chi connectivity index (χ1n) is 16.0. The van der Waals surface area contributed by atoms with Gasteiger partial charge in [0.2, 0.25) is 0 Å². The van der Waals surface area contributed by atoms with Crippen LogP contribution in [0.2, 0.25) is 0 Å². The fourth-order valence-corrected chi connectivity index (χ4v) is 6.64. The second kappa shape index (κ2) is 13.7. The number of allylic oxidation sites excluding steroid dienone is 4. The number of carbonyl (C=O) groups is 2. The van der Waals surface area contributed by atoms with Crippen molar-refractivity contribution in [1.29, 1.82) is 0 Å². The van der Waals surface area contributed by atoms with E-state index >= 15 is 0 Å². The van der Waals surface area contributed by atoms with Gasteiger partial charge in [-0.25, -0.2) is 9.78 Å². The molecule has 0 aromatic carbocycles. The molecule has 4 aliphatic rings. The Morgan fingerprint density at radius 2 is 1.91 bits per heavy atom. The molecule has 0 saturated carbocycles. The van der Waals surface area contributed by atoms with Crippen molar-refractivity contribution in [1.82, 2.24) is 4.98 Å². The third-order valence-electron chi connectivity index (χ3n) is 9.63. The highest BCUT2D eigenvalue weighted by atomic mass is 16.6. The topological polar surface area (TPSA) is 133 Å². The Hall–Kier alpha value is -3.05. The Labute approximate surface area is 265 Å². The minimum Gasteiger partial charge on any atom is -0.462 e. The number of fused-ring (bicyclic) bond motifs is 4. The predicted molar refractivity (Wildman–Crippen MR) is 166 cm³/mol. The van der Waals surface area contributed by atoms with E-state index in [1.54, 1.807) is 20.3 Å². The number of aliphatic hydroxyl groups is 1. The van der Waals surface area contributed by atoms with Gasteiger partial charge in [0, 0.05) is 38.7 Å². The van der Waals surface area contributed by atoms with Crippen LogP contribution in [-0.4, -0.2) is 77.5 Å². The lowest BCUT2D eigenvalue weighted by atomic mass is 9.84. The number of esters is 2. The third kappa shape index (κ3) is 8.03. The first kappa shape index (κ1) is 33.3. The van der Waals surface area contributed by atoms with Crippen molar-refractivity contribution < 1.29 is 42.8 Å². The van der Waals surface area contributed by atoms with Crippen LogP contribution in [0.1, 0.15) is 71.9 Å². The fourth-order valence-electron chi connectivity index (χ4n) is 6.64. The van der Waals surface area contributed by atoms with Crippen LogP contribution in [0, 0.1) is 24.7 Å². The van der Waals surface area contributed by atoms with Gasteiger partial charge in [0.1, 0.15) is 35.9 Å². The molecule has 11 unspecified atom stereocenters. The van der Waals surface area contributed by atoms with Gasteiger partial charge in [-0.15, -0.1) is 0 Å². The summed E-state index contributed by atoms with van der Waals surface area (Å²) in [4.78, 5) is 30.1. The molecule has 0 spiro atoms. The van der Waals surface area contributed by atoms with Crippen LogP contribution in [0.15, 0.2) is 52.2 Å². The lowest BCUT2D eigenvalue weighted by Crippen LogP contribution is -2.42. The SMILES string of the molecule is COC(C(C)=CC=CC(C)=Cc1coc(C)n1)C(C)C1CC(O)C2(C)OC2/C=C\C(C)C2CC(CC(=O)O2)CC2OC2C(=O)O1. The van der Waals surface area contributed by atoms with E-state index in [-0.39, 0.29) is 48.5 Å². The average Bonchev–Trinajstić information content (AvgIpc) is 3.86. The van der Waals surface area contributed by atoms with Crippen molar-refractivity contribution in [3.8, 4) is 0 Å². The largest absolute Gasteiger partial charge is 0.462 e. The molecule has 0 aliphatic carbocycles. The van der Waals surface area contributed by atoms with Crippen LogP contribution in [0.25, 0.3) is 6.08 Å². The van der Waals surface area contributed by atoms with Crippen molar-refractivity contribution in [3.63, 3.8) is 0 Å². The second-order valence-corrected chi connectivity index (χ2v) is 13.3. The van der Waals surface area contributed by atoms with Gasteiger partial charge in [0.15, 0.2) is 12.0 Å². The fraction of sp³-hybridized carbons (Fsp3) is 0.629. The lowest BCUT2D eigenvalue weighted by Gasteiger charge is -2.33. The number of aromatic nitrogens is 1. The summed E-state index contributed by atoms with van der Waals surface area (Å²) < 4.78 is 34.7. The number of ether oxygens (including phenoxy) is 5. The number of rotatable bonds is 7. The summed E-state index contributed by atoms with van der Waals surface area (Å²) in [5.74, 6) is -0.316. The molecule has 5 rings (SSSR count). The van der Waals surface area contributed by atoms with Gasteiger partial charge in [0.25, 0.3) is 0 Å². The molecule has 5 heterocycles. The van der Waals surface area contributed by atoms with Crippen molar-refractivity contribution in [2.24, 2.45) is 17.8 Å². The van der Waals surface area contributed by atoms with Crippen molar-refractivity contribution in [2.45, 2.75) is 116 Å². The van der Waals surface area contributed by atoms with Gasteiger partial charge in [-0.3, -0.25) is 4.79 Å².